The Morgan fingerprint density at radius 2 is 1.24 bits per heavy atom. The number of rotatable bonds is 9. The fourth-order valence-corrected chi connectivity index (χ4v) is 6.56. The lowest BCUT2D eigenvalue weighted by atomic mass is 10.1. The molecule has 0 atom stereocenters. The Bertz CT molecular complexity index is 1830. The maximum absolute atomic E-state index is 13.2. The maximum atomic E-state index is 13.2. The van der Waals surface area contributed by atoms with Gasteiger partial charge in [-0.25, -0.2) is 16.8 Å². The van der Waals surface area contributed by atoms with Crippen LogP contribution in [0.3, 0.4) is 0 Å². The van der Waals surface area contributed by atoms with E-state index in [1.165, 1.54) is 43.5 Å². The summed E-state index contributed by atoms with van der Waals surface area (Å²) in [6.07, 6.45) is 0. The van der Waals surface area contributed by atoms with Gasteiger partial charge in [0, 0.05) is 11.3 Å². The molecule has 0 spiro atoms. The molecule has 0 aliphatic carbocycles. The van der Waals surface area contributed by atoms with E-state index < -0.39 is 26.0 Å². The van der Waals surface area contributed by atoms with Crippen LogP contribution in [-0.2, 0) is 20.0 Å². The summed E-state index contributed by atoms with van der Waals surface area (Å²) in [5.74, 6) is -0.168. The standard InChI is InChI=1S/C30H31N3O6S2/c1-19-6-8-21(3)26(16-19)32-41(37,38)29-18-23(10-9-22(29)4)30(34)31-24-11-13-25(14-12-24)40(35,36)33-27-17-20(2)7-15-28(27)39-5/h6-18,32-33H,1-5H3,(H,31,34). The smallest absolute Gasteiger partial charge is 0.262 e. The van der Waals surface area contributed by atoms with E-state index in [0.29, 0.717) is 28.4 Å². The highest BCUT2D eigenvalue weighted by atomic mass is 32.2. The molecule has 0 aliphatic heterocycles. The molecule has 0 bridgehead atoms. The van der Waals surface area contributed by atoms with E-state index in [0.717, 1.165) is 16.7 Å². The number of carbonyl (C=O) groups is 1. The number of sulfonamides is 2. The first-order chi connectivity index (χ1) is 19.3. The minimum atomic E-state index is -3.98. The van der Waals surface area contributed by atoms with Gasteiger partial charge in [-0.15, -0.1) is 0 Å². The highest BCUT2D eigenvalue weighted by Crippen LogP contribution is 2.28. The van der Waals surface area contributed by atoms with Crippen molar-refractivity contribution >= 4 is 43.0 Å². The van der Waals surface area contributed by atoms with Crippen LogP contribution in [0.1, 0.15) is 32.6 Å². The number of carbonyl (C=O) groups excluding carboxylic acids is 1. The molecule has 0 aromatic heterocycles. The first-order valence-electron chi connectivity index (χ1n) is 12.6. The van der Waals surface area contributed by atoms with Gasteiger partial charge in [-0.05, 0) is 105 Å². The molecular formula is C30H31N3O6S2. The summed E-state index contributed by atoms with van der Waals surface area (Å²) < 4.78 is 62.8. The molecule has 0 fully saturated rings. The van der Waals surface area contributed by atoms with E-state index in [9.17, 15) is 21.6 Å². The fraction of sp³-hybridized carbons (Fsp3) is 0.167. The molecule has 4 rings (SSSR count). The molecule has 0 radical (unpaired) electrons. The molecule has 0 aliphatic rings. The highest BCUT2D eigenvalue weighted by Gasteiger charge is 2.21. The van der Waals surface area contributed by atoms with Crippen LogP contribution in [0.5, 0.6) is 5.75 Å². The van der Waals surface area contributed by atoms with Gasteiger partial charge < -0.3 is 10.1 Å². The number of methoxy groups -OCH3 is 1. The average Bonchev–Trinajstić information content (AvgIpc) is 2.91. The van der Waals surface area contributed by atoms with Crippen molar-refractivity contribution in [1.82, 2.24) is 0 Å². The van der Waals surface area contributed by atoms with Crippen molar-refractivity contribution in [3.8, 4) is 5.75 Å². The number of nitrogens with one attached hydrogen (secondary N) is 3. The predicted molar refractivity (Wildman–Crippen MR) is 161 cm³/mol. The van der Waals surface area contributed by atoms with Gasteiger partial charge >= 0.3 is 0 Å². The Labute approximate surface area is 240 Å². The van der Waals surface area contributed by atoms with Crippen molar-refractivity contribution in [3.05, 3.63) is 107 Å². The lowest BCUT2D eigenvalue weighted by Gasteiger charge is -2.14. The molecule has 0 heterocycles. The lowest BCUT2D eigenvalue weighted by Crippen LogP contribution is -2.18. The molecule has 11 heteroatoms. The van der Waals surface area contributed by atoms with E-state index in [1.54, 1.807) is 38.1 Å². The zero-order valence-corrected chi connectivity index (χ0v) is 24.9. The largest absolute Gasteiger partial charge is 0.495 e. The molecule has 9 nitrogen and oxygen atoms in total. The van der Waals surface area contributed by atoms with Gasteiger partial charge in [-0.2, -0.15) is 0 Å². The van der Waals surface area contributed by atoms with Crippen LogP contribution >= 0.6 is 0 Å². The fourth-order valence-electron chi connectivity index (χ4n) is 4.10. The van der Waals surface area contributed by atoms with Crippen LogP contribution < -0.4 is 19.5 Å². The zero-order valence-electron chi connectivity index (χ0n) is 23.3. The van der Waals surface area contributed by atoms with Crippen molar-refractivity contribution in [3.63, 3.8) is 0 Å². The second kappa shape index (κ2) is 11.6. The third-order valence-corrected chi connectivity index (χ3v) is 9.29. The first-order valence-corrected chi connectivity index (χ1v) is 15.6. The monoisotopic (exact) mass is 593 g/mol. The van der Waals surface area contributed by atoms with E-state index >= 15 is 0 Å². The Kier molecular flexibility index (Phi) is 8.41. The summed E-state index contributed by atoms with van der Waals surface area (Å²) >= 11 is 0. The molecule has 0 saturated heterocycles. The Morgan fingerprint density at radius 1 is 0.659 bits per heavy atom. The molecule has 41 heavy (non-hydrogen) atoms. The SMILES string of the molecule is COc1ccc(C)cc1NS(=O)(=O)c1ccc(NC(=O)c2ccc(C)c(S(=O)(=O)Nc3cc(C)ccc3C)c2)cc1. The number of anilines is 3. The van der Waals surface area contributed by atoms with Crippen molar-refractivity contribution in [2.45, 2.75) is 37.5 Å². The van der Waals surface area contributed by atoms with Gasteiger partial charge in [-0.3, -0.25) is 14.2 Å². The highest BCUT2D eigenvalue weighted by molar-refractivity contribution is 7.93. The normalized spacial score (nSPS) is 11.5. The van der Waals surface area contributed by atoms with E-state index in [-0.39, 0.29) is 15.4 Å². The predicted octanol–water partition coefficient (Wildman–Crippen LogP) is 5.78. The van der Waals surface area contributed by atoms with Crippen LogP contribution in [0, 0.1) is 27.7 Å². The minimum absolute atomic E-state index is 0.0136. The average molecular weight is 594 g/mol. The van der Waals surface area contributed by atoms with E-state index in [4.69, 9.17) is 4.74 Å². The molecule has 3 N–H and O–H groups in total. The summed E-state index contributed by atoms with van der Waals surface area (Å²) in [7, 11) is -6.46. The molecular weight excluding hydrogens is 562 g/mol. The van der Waals surface area contributed by atoms with Crippen molar-refractivity contribution in [1.29, 1.82) is 0 Å². The van der Waals surface area contributed by atoms with Crippen LogP contribution in [0.4, 0.5) is 17.1 Å². The lowest BCUT2D eigenvalue weighted by molar-refractivity contribution is 0.102. The quantitative estimate of drug-likeness (QED) is 0.225. The van der Waals surface area contributed by atoms with Gasteiger partial charge in [0.15, 0.2) is 0 Å². The third-order valence-electron chi connectivity index (χ3n) is 6.40. The molecule has 4 aromatic carbocycles. The summed E-state index contributed by atoms with van der Waals surface area (Å²) in [5.41, 5.74) is 4.24. The van der Waals surface area contributed by atoms with Gasteiger partial charge in [-0.1, -0.05) is 24.3 Å². The van der Waals surface area contributed by atoms with Crippen LogP contribution in [0.25, 0.3) is 0 Å². The molecule has 0 unspecified atom stereocenters. The topological polar surface area (TPSA) is 131 Å². The zero-order chi connectivity index (χ0) is 29.9. The van der Waals surface area contributed by atoms with Gasteiger partial charge in [0.2, 0.25) is 0 Å². The van der Waals surface area contributed by atoms with Gasteiger partial charge in [0.05, 0.1) is 28.3 Å². The maximum Gasteiger partial charge on any atom is 0.262 e. The van der Waals surface area contributed by atoms with Crippen LogP contribution in [0.15, 0.2) is 88.7 Å². The molecule has 4 aromatic rings. The summed E-state index contributed by atoms with van der Waals surface area (Å²) in [6, 6.07) is 20.6. The Hall–Kier alpha value is -4.35. The van der Waals surface area contributed by atoms with Crippen LogP contribution in [-0.4, -0.2) is 29.9 Å². The van der Waals surface area contributed by atoms with Gasteiger partial charge in [0.25, 0.3) is 26.0 Å². The number of benzene rings is 4. The van der Waals surface area contributed by atoms with Crippen molar-refractivity contribution < 1.29 is 26.4 Å². The Balaban J connectivity index is 1.52. The minimum Gasteiger partial charge on any atom is -0.495 e. The summed E-state index contributed by atoms with van der Waals surface area (Å²) in [4.78, 5) is 13.0. The summed E-state index contributed by atoms with van der Waals surface area (Å²) in [6.45, 7) is 7.16. The molecule has 214 valence electrons. The number of ether oxygens (including phenoxy) is 1. The second-order valence-corrected chi connectivity index (χ2v) is 13.0. The number of hydrogen-bond donors (Lipinski definition) is 3. The first kappa shape index (κ1) is 29.6. The van der Waals surface area contributed by atoms with E-state index in [2.05, 4.69) is 14.8 Å². The van der Waals surface area contributed by atoms with Crippen molar-refractivity contribution in [2.75, 3.05) is 21.9 Å². The van der Waals surface area contributed by atoms with E-state index in [1.807, 2.05) is 32.0 Å². The second-order valence-electron chi connectivity index (χ2n) is 9.69. The molecule has 0 saturated carbocycles. The summed E-state index contributed by atoms with van der Waals surface area (Å²) in [5, 5.41) is 2.69. The third kappa shape index (κ3) is 6.87. The van der Waals surface area contributed by atoms with Gasteiger partial charge in [0.1, 0.15) is 5.75 Å². The van der Waals surface area contributed by atoms with Crippen LogP contribution in [0.2, 0.25) is 0 Å². The Morgan fingerprint density at radius 3 is 1.90 bits per heavy atom. The number of amides is 1. The number of hydrogen-bond acceptors (Lipinski definition) is 6. The molecule has 1 amide bonds. The van der Waals surface area contributed by atoms with Crippen molar-refractivity contribution in [2.24, 2.45) is 0 Å². The number of aryl methyl sites for hydroxylation is 4.